The molecule has 0 unspecified atom stereocenters. The van der Waals surface area contributed by atoms with E-state index in [0.717, 1.165) is 16.5 Å². The average Bonchev–Trinajstić information content (AvgIpc) is 3.09. The molecule has 3 atom stereocenters. The summed E-state index contributed by atoms with van der Waals surface area (Å²) in [6.45, 7) is 4.17. The van der Waals surface area contributed by atoms with Crippen molar-refractivity contribution in [1.82, 2.24) is 15.5 Å². The number of carbonyl (C=O) groups excluding carboxylic acids is 3. The van der Waals surface area contributed by atoms with Crippen molar-refractivity contribution in [3.8, 4) is 0 Å². The van der Waals surface area contributed by atoms with Gasteiger partial charge in [-0.3, -0.25) is 9.59 Å². The highest BCUT2D eigenvalue weighted by atomic mass is 16.2. The number of carbonyl (C=O) groups is 3. The number of fused-ring (bicyclic) bond motifs is 2. The molecule has 0 aromatic heterocycles. The van der Waals surface area contributed by atoms with Crippen molar-refractivity contribution in [2.75, 3.05) is 11.9 Å². The molecule has 4 amide bonds. The van der Waals surface area contributed by atoms with Gasteiger partial charge in [0.25, 0.3) is 0 Å². The second-order valence-electron chi connectivity index (χ2n) is 7.79. The minimum atomic E-state index is -0.509. The van der Waals surface area contributed by atoms with Gasteiger partial charge in [0.05, 0.1) is 11.7 Å². The molecule has 2 aromatic carbocycles. The van der Waals surface area contributed by atoms with Gasteiger partial charge in [-0.25, -0.2) is 4.79 Å². The molecule has 2 saturated heterocycles. The van der Waals surface area contributed by atoms with Crippen LogP contribution in [0.3, 0.4) is 0 Å². The minimum Gasteiger partial charge on any atom is -0.342 e. The number of nitrogens with one attached hydrogen (secondary N) is 3. The summed E-state index contributed by atoms with van der Waals surface area (Å²) >= 11 is 0. The van der Waals surface area contributed by atoms with Crippen LogP contribution < -0.4 is 16.0 Å². The van der Waals surface area contributed by atoms with Crippen LogP contribution in [-0.4, -0.2) is 47.4 Å². The van der Waals surface area contributed by atoms with Crippen LogP contribution in [0.2, 0.25) is 0 Å². The van der Waals surface area contributed by atoms with E-state index in [9.17, 15) is 14.4 Å². The first-order valence-electron chi connectivity index (χ1n) is 9.60. The third-order valence-corrected chi connectivity index (χ3v) is 5.49. The number of nitrogens with zero attached hydrogens (tertiary/aromatic N) is 1. The lowest BCUT2D eigenvalue weighted by atomic mass is 9.98. The first kappa shape index (κ1) is 18.3. The van der Waals surface area contributed by atoms with E-state index in [2.05, 4.69) is 16.0 Å². The molecule has 0 saturated carbocycles. The third-order valence-electron chi connectivity index (χ3n) is 5.49. The molecular formula is C21H24N4O3. The van der Waals surface area contributed by atoms with E-state index in [1.54, 1.807) is 4.90 Å². The van der Waals surface area contributed by atoms with Crippen LogP contribution >= 0.6 is 0 Å². The lowest BCUT2D eigenvalue weighted by molar-refractivity contribution is -0.148. The van der Waals surface area contributed by atoms with E-state index in [0.29, 0.717) is 13.0 Å². The summed E-state index contributed by atoms with van der Waals surface area (Å²) in [6.07, 6.45) is 0.422. The molecule has 0 aliphatic carbocycles. The molecule has 0 radical (unpaired) electrons. The van der Waals surface area contributed by atoms with Gasteiger partial charge in [-0.15, -0.1) is 0 Å². The van der Waals surface area contributed by atoms with Gasteiger partial charge in [0.1, 0.15) is 12.1 Å². The number of urea groups is 1. The van der Waals surface area contributed by atoms with Crippen LogP contribution in [0, 0.1) is 5.92 Å². The van der Waals surface area contributed by atoms with Crippen LogP contribution in [0.4, 0.5) is 10.5 Å². The standard InChI is InChI=1S/C21H24N4O3/c1-12(2)18-20(27)25-11-14(10-17(25)19(26)24-18)22-21(28)23-16-9-5-7-13-6-3-4-8-15(13)16/h3-9,12,14,17-18H,10-11H2,1-2H3,(H,24,26)(H2,22,23,28)/t14-,17-,18-/m0/s1. The second-order valence-corrected chi connectivity index (χ2v) is 7.79. The molecule has 28 heavy (non-hydrogen) atoms. The Labute approximate surface area is 163 Å². The van der Waals surface area contributed by atoms with Crippen LogP contribution in [0.5, 0.6) is 0 Å². The van der Waals surface area contributed by atoms with Crippen molar-refractivity contribution in [3.05, 3.63) is 42.5 Å². The highest BCUT2D eigenvalue weighted by Gasteiger charge is 2.47. The third kappa shape index (κ3) is 3.28. The maximum atomic E-state index is 12.6. The fourth-order valence-corrected chi connectivity index (χ4v) is 4.05. The SMILES string of the molecule is CC(C)[C@@H]1NC(=O)[C@@H]2C[C@H](NC(=O)Nc3cccc4ccccc34)CN2C1=O. The second kappa shape index (κ2) is 7.14. The molecule has 2 aromatic rings. The zero-order chi connectivity index (χ0) is 19.8. The highest BCUT2D eigenvalue weighted by Crippen LogP contribution is 2.26. The zero-order valence-electron chi connectivity index (χ0n) is 15.9. The molecule has 2 fully saturated rings. The number of rotatable bonds is 3. The van der Waals surface area contributed by atoms with Gasteiger partial charge in [0.15, 0.2) is 0 Å². The zero-order valence-corrected chi connectivity index (χ0v) is 15.9. The maximum absolute atomic E-state index is 12.6. The van der Waals surface area contributed by atoms with Crippen molar-refractivity contribution in [3.63, 3.8) is 0 Å². The van der Waals surface area contributed by atoms with E-state index >= 15 is 0 Å². The Morgan fingerprint density at radius 2 is 1.89 bits per heavy atom. The number of hydrogen-bond donors (Lipinski definition) is 3. The lowest BCUT2D eigenvalue weighted by Gasteiger charge is -2.36. The molecule has 2 aliphatic heterocycles. The fourth-order valence-electron chi connectivity index (χ4n) is 4.05. The number of hydrogen-bond acceptors (Lipinski definition) is 3. The predicted molar refractivity (Wildman–Crippen MR) is 107 cm³/mol. The Hall–Kier alpha value is -3.09. The van der Waals surface area contributed by atoms with Gasteiger partial charge in [-0.1, -0.05) is 50.2 Å². The largest absolute Gasteiger partial charge is 0.342 e. The van der Waals surface area contributed by atoms with Crippen LogP contribution in [-0.2, 0) is 9.59 Å². The highest BCUT2D eigenvalue weighted by molar-refractivity contribution is 6.02. The van der Waals surface area contributed by atoms with Gasteiger partial charge >= 0.3 is 6.03 Å². The van der Waals surface area contributed by atoms with Gasteiger partial charge in [-0.05, 0) is 23.8 Å². The summed E-state index contributed by atoms with van der Waals surface area (Å²) in [7, 11) is 0. The van der Waals surface area contributed by atoms with Gasteiger partial charge in [0, 0.05) is 11.9 Å². The van der Waals surface area contributed by atoms with Gasteiger partial charge in [-0.2, -0.15) is 0 Å². The van der Waals surface area contributed by atoms with Crippen molar-refractivity contribution < 1.29 is 14.4 Å². The molecular weight excluding hydrogens is 356 g/mol. The van der Waals surface area contributed by atoms with Crippen molar-refractivity contribution in [2.24, 2.45) is 5.92 Å². The number of anilines is 1. The summed E-state index contributed by atoms with van der Waals surface area (Å²) in [5.74, 6) is -0.186. The van der Waals surface area contributed by atoms with E-state index in [4.69, 9.17) is 0 Å². The Balaban J connectivity index is 1.43. The maximum Gasteiger partial charge on any atom is 0.319 e. The molecule has 2 heterocycles. The minimum absolute atomic E-state index is 0.0269. The van der Waals surface area contributed by atoms with Crippen molar-refractivity contribution >= 4 is 34.3 Å². The fraction of sp³-hybridized carbons (Fsp3) is 0.381. The Morgan fingerprint density at radius 1 is 1.14 bits per heavy atom. The summed E-state index contributed by atoms with van der Waals surface area (Å²) in [5, 5.41) is 10.6. The predicted octanol–water partition coefficient (Wildman–Crippen LogP) is 2.09. The molecule has 0 spiro atoms. The monoisotopic (exact) mass is 380 g/mol. The van der Waals surface area contributed by atoms with Gasteiger partial charge in [0.2, 0.25) is 11.8 Å². The summed E-state index contributed by atoms with van der Waals surface area (Å²) < 4.78 is 0. The van der Waals surface area contributed by atoms with Crippen LogP contribution in [0.15, 0.2) is 42.5 Å². The Kier molecular flexibility index (Phi) is 4.66. The summed E-state index contributed by atoms with van der Waals surface area (Å²) in [4.78, 5) is 39.1. The van der Waals surface area contributed by atoms with Crippen LogP contribution in [0.1, 0.15) is 20.3 Å². The molecule has 3 N–H and O–H groups in total. The summed E-state index contributed by atoms with van der Waals surface area (Å²) in [6, 6.07) is 11.9. The van der Waals surface area contributed by atoms with Gasteiger partial charge < -0.3 is 20.9 Å². The Bertz CT molecular complexity index is 937. The van der Waals surface area contributed by atoms with Crippen molar-refractivity contribution in [2.45, 2.75) is 38.4 Å². The first-order chi connectivity index (χ1) is 13.4. The molecule has 7 heteroatoms. The molecule has 4 rings (SSSR count). The Morgan fingerprint density at radius 3 is 2.68 bits per heavy atom. The van der Waals surface area contributed by atoms with E-state index < -0.39 is 12.1 Å². The number of piperazine rings is 1. The first-order valence-corrected chi connectivity index (χ1v) is 9.60. The molecule has 0 bridgehead atoms. The molecule has 2 aliphatic rings. The molecule has 146 valence electrons. The number of amides is 4. The normalized spacial score (nSPS) is 24.2. The summed E-state index contributed by atoms with van der Waals surface area (Å²) in [5.41, 5.74) is 0.722. The lowest BCUT2D eigenvalue weighted by Crippen LogP contribution is -2.62. The topological polar surface area (TPSA) is 90.5 Å². The van der Waals surface area contributed by atoms with E-state index in [1.165, 1.54) is 0 Å². The average molecular weight is 380 g/mol. The van der Waals surface area contributed by atoms with Crippen molar-refractivity contribution in [1.29, 1.82) is 0 Å². The van der Waals surface area contributed by atoms with Crippen LogP contribution in [0.25, 0.3) is 10.8 Å². The number of benzene rings is 2. The van der Waals surface area contributed by atoms with E-state index in [1.807, 2.05) is 56.3 Å². The quantitative estimate of drug-likeness (QED) is 0.762. The smallest absolute Gasteiger partial charge is 0.319 e. The van der Waals surface area contributed by atoms with E-state index in [-0.39, 0.29) is 29.8 Å². The molecule has 7 nitrogen and oxygen atoms in total.